The number of alkyl halides is 6. The van der Waals surface area contributed by atoms with E-state index in [0.717, 1.165) is 24.3 Å². The minimum Gasteiger partial charge on any atom is -0.377 e. The number of methoxy groups -OCH3 is 1. The van der Waals surface area contributed by atoms with E-state index in [9.17, 15) is 46.6 Å². The van der Waals surface area contributed by atoms with Gasteiger partial charge in [-0.2, -0.15) is 26.3 Å². The second-order valence-electron chi connectivity index (χ2n) is 6.46. The van der Waals surface area contributed by atoms with Gasteiger partial charge in [-0.3, -0.25) is 10.1 Å². The molecule has 0 aromatic heterocycles. The smallest absolute Gasteiger partial charge is 0.377 e. The van der Waals surface area contributed by atoms with Crippen LogP contribution in [0.1, 0.15) is 48.3 Å². The standard InChI is InChI=1S/C10H10F3NO3.C9H8F3NO3/c1-6(17-2)8-4-3-7(14(15)16)5-9(8)10(11,12)13;1-6(16-13(14)15)7-4-2-3-5-8(7)9(10,11)12/h3-6H,1-2H3;2-6H,1H3. The van der Waals surface area contributed by atoms with E-state index in [1.807, 2.05) is 0 Å². The van der Waals surface area contributed by atoms with E-state index in [1.165, 1.54) is 33.1 Å². The van der Waals surface area contributed by atoms with Crippen molar-refractivity contribution in [3.05, 3.63) is 84.9 Å². The Labute approximate surface area is 183 Å². The maximum absolute atomic E-state index is 12.7. The maximum atomic E-state index is 12.7. The van der Waals surface area contributed by atoms with Gasteiger partial charge in [0.25, 0.3) is 10.8 Å². The van der Waals surface area contributed by atoms with Gasteiger partial charge >= 0.3 is 12.4 Å². The Bertz CT molecular complexity index is 980. The third-order valence-corrected chi connectivity index (χ3v) is 4.29. The fraction of sp³-hybridized carbons (Fsp3) is 0.368. The number of hydrogen-bond donors (Lipinski definition) is 0. The fourth-order valence-corrected chi connectivity index (χ4v) is 2.68. The highest BCUT2D eigenvalue weighted by molar-refractivity contribution is 5.42. The molecule has 33 heavy (non-hydrogen) atoms. The Balaban J connectivity index is 0.000000331. The zero-order valence-corrected chi connectivity index (χ0v) is 17.3. The van der Waals surface area contributed by atoms with Gasteiger partial charge in [-0.15, -0.1) is 10.1 Å². The first-order valence-electron chi connectivity index (χ1n) is 8.95. The van der Waals surface area contributed by atoms with Crippen molar-refractivity contribution >= 4 is 5.69 Å². The maximum Gasteiger partial charge on any atom is 0.417 e. The Kier molecular flexibility index (Phi) is 9.15. The van der Waals surface area contributed by atoms with Gasteiger partial charge in [0.15, 0.2) is 0 Å². The summed E-state index contributed by atoms with van der Waals surface area (Å²) >= 11 is 0. The Morgan fingerprint density at radius 3 is 1.79 bits per heavy atom. The number of nitro benzene ring substituents is 1. The molecular formula is C19H18F6N2O6. The molecular weight excluding hydrogens is 466 g/mol. The molecule has 2 rings (SSSR count). The third kappa shape index (κ3) is 7.89. The van der Waals surface area contributed by atoms with E-state index in [4.69, 9.17) is 4.74 Å². The molecule has 0 spiro atoms. The third-order valence-electron chi connectivity index (χ3n) is 4.29. The van der Waals surface area contributed by atoms with Crippen LogP contribution in [-0.2, 0) is 21.9 Å². The molecule has 0 N–H and O–H groups in total. The van der Waals surface area contributed by atoms with Gasteiger partial charge in [0, 0.05) is 19.2 Å². The second-order valence-corrected chi connectivity index (χ2v) is 6.46. The van der Waals surface area contributed by atoms with Gasteiger partial charge < -0.3 is 9.57 Å². The first kappa shape index (κ1) is 27.6. The van der Waals surface area contributed by atoms with Crippen LogP contribution in [0.3, 0.4) is 0 Å². The molecule has 0 fully saturated rings. The normalized spacial score (nSPS) is 13.4. The number of halogens is 6. The molecule has 0 heterocycles. The summed E-state index contributed by atoms with van der Waals surface area (Å²) < 4.78 is 80.5. The molecule has 0 saturated heterocycles. The van der Waals surface area contributed by atoms with E-state index >= 15 is 0 Å². The summed E-state index contributed by atoms with van der Waals surface area (Å²) in [7, 11) is 1.27. The number of benzene rings is 2. The zero-order chi connectivity index (χ0) is 25.6. The van der Waals surface area contributed by atoms with Gasteiger partial charge in [-0.05, 0) is 37.1 Å². The molecule has 0 aliphatic carbocycles. The molecule has 14 heteroatoms. The fourth-order valence-electron chi connectivity index (χ4n) is 2.68. The van der Waals surface area contributed by atoms with Crippen molar-refractivity contribution in [3.8, 4) is 0 Å². The molecule has 2 atom stereocenters. The SMILES string of the molecule is CC(O[N+](=O)[O-])c1ccccc1C(F)(F)F.COC(C)c1ccc([N+](=O)[O-])cc1C(F)(F)F. The van der Waals surface area contributed by atoms with Gasteiger partial charge in [-0.1, -0.05) is 18.2 Å². The Morgan fingerprint density at radius 1 is 0.818 bits per heavy atom. The minimum absolute atomic E-state index is 0.120. The lowest BCUT2D eigenvalue weighted by Gasteiger charge is -2.16. The number of hydrogen-bond acceptors (Lipinski definition) is 6. The van der Waals surface area contributed by atoms with Crippen LogP contribution in [0.15, 0.2) is 42.5 Å². The molecule has 0 aliphatic rings. The summed E-state index contributed by atoms with van der Waals surface area (Å²) in [6.07, 6.45) is -11.2. The molecule has 0 aliphatic heterocycles. The lowest BCUT2D eigenvalue weighted by Crippen LogP contribution is -2.14. The second kappa shape index (κ2) is 10.9. The number of nitro groups is 1. The van der Waals surface area contributed by atoms with Crippen molar-refractivity contribution in [2.75, 3.05) is 7.11 Å². The molecule has 0 saturated carbocycles. The van der Waals surface area contributed by atoms with E-state index in [0.29, 0.717) is 6.07 Å². The van der Waals surface area contributed by atoms with Crippen molar-refractivity contribution < 1.29 is 45.9 Å². The van der Waals surface area contributed by atoms with Crippen LogP contribution < -0.4 is 0 Å². The molecule has 2 aromatic rings. The van der Waals surface area contributed by atoms with Crippen molar-refractivity contribution in [2.24, 2.45) is 0 Å². The van der Waals surface area contributed by atoms with Gasteiger partial charge in [0.2, 0.25) is 0 Å². The van der Waals surface area contributed by atoms with E-state index < -0.39 is 51.4 Å². The molecule has 0 amide bonds. The minimum atomic E-state index is -4.64. The number of ether oxygens (including phenoxy) is 1. The van der Waals surface area contributed by atoms with Gasteiger partial charge in [-0.25, -0.2) is 0 Å². The van der Waals surface area contributed by atoms with Crippen LogP contribution in [0.4, 0.5) is 32.0 Å². The van der Waals surface area contributed by atoms with Crippen molar-refractivity contribution in [3.63, 3.8) is 0 Å². The van der Waals surface area contributed by atoms with Crippen LogP contribution in [0, 0.1) is 20.2 Å². The van der Waals surface area contributed by atoms with Crippen molar-refractivity contribution in [1.29, 1.82) is 0 Å². The van der Waals surface area contributed by atoms with Crippen LogP contribution in [0.25, 0.3) is 0 Å². The quantitative estimate of drug-likeness (QED) is 0.271. The van der Waals surface area contributed by atoms with Crippen molar-refractivity contribution in [2.45, 2.75) is 38.4 Å². The van der Waals surface area contributed by atoms with Crippen LogP contribution in [-0.4, -0.2) is 17.1 Å². The van der Waals surface area contributed by atoms with Crippen LogP contribution in [0.2, 0.25) is 0 Å². The number of non-ortho nitro benzene ring substituents is 1. The Hall–Kier alpha value is -3.42. The van der Waals surface area contributed by atoms with E-state index in [2.05, 4.69) is 4.84 Å². The Morgan fingerprint density at radius 2 is 1.33 bits per heavy atom. The summed E-state index contributed by atoms with van der Waals surface area (Å²) in [5.41, 5.74) is -2.94. The van der Waals surface area contributed by atoms with Crippen molar-refractivity contribution in [1.82, 2.24) is 0 Å². The molecule has 0 radical (unpaired) electrons. The largest absolute Gasteiger partial charge is 0.417 e. The summed E-state index contributed by atoms with van der Waals surface area (Å²) in [6.45, 7) is 2.63. The first-order chi connectivity index (χ1) is 15.1. The highest BCUT2D eigenvalue weighted by Crippen LogP contribution is 2.37. The molecule has 2 unspecified atom stereocenters. The predicted octanol–water partition coefficient (Wildman–Crippen LogP) is 6.30. The summed E-state index contributed by atoms with van der Waals surface area (Å²) in [5.74, 6) is 0. The monoisotopic (exact) mass is 484 g/mol. The molecule has 8 nitrogen and oxygen atoms in total. The summed E-state index contributed by atoms with van der Waals surface area (Å²) in [6, 6.07) is 7.20. The van der Waals surface area contributed by atoms with Gasteiger partial charge in [0.1, 0.15) is 6.10 Å². The average Bonchev–Trinajstić information content (AvgIpc) is 2.71. The van der Waals surface area contributed by atoms with E-state index in [1.54, 1.807) is 0 Å². The molecule has 2 aromatic carbocycles. The van der Waals surface area contributed by atoms with Gasteiger partial charge in [0.05, 0.1) is 22.2 Å². The zero-order valence-electron chi connectivity index (χ0n) is 17.3. The number of nitrogens with zero attached hydrogens (tertiary/aromatic N) is 2. The average molecular weight is 484 g/mol. The van der Waals surface area contributed by atoms with Crippen LogP contribution in [0.5, 0.6) is 0 Å². The first-order valence-corrected chi connectivity index (χ1v) is 8.95. The van der Waals surface area contributed by atoms with Crippen LogP contribution >= 0.6 is 0 Å². The summed E-state index contributed by atoms with van der Waals surface area (Å²) in [5, 5.41) is 19.4. The number of rotatable bonds is 6. The predicted molar refractivity (Wildman–Crippen MR) is 101 cm³/mol. The summed E-state index contributed by atoms with van der Waals surface area (Å²) in [4.78, 5) is 23.7. The molecule has 0 bridgehead atoms. The van der Waals surface area contributed by atoms with E-state index in [-0.39, 0.29) is 11.1 Å². The molecule has 182 valence electrons. The highest BCUT2D eigenvalue weighted by atomic mass is 19.4. The highest BCUT2D eigenvalue weighted by Gasteiger charge is 2.36. The lowest BCUT2D eigenvalue weighted by molar-refractivity contribution is -0.770. The lowest BCUT2D eigenvalue weighted by atomic mass is 10.0. The topological polar surface area (TPSA) is 105 Å².